The highest BCUT2D eigenvalue weighted by molar-refractivity contribution is 5.29. The van der Waals surface area contributed by atoms with Gasteiger partial charge in [-0.25, -0.2) is 0 Å². The van der Waals surface area contributed by atoms with E-state index in [1.165, 1.54) is 18.4 Å². The molecule has 2 heteroatoms. The van der Waals surface area contributed by atoms with E-state index in [-0.39, 0.29) is 6.29 Å². The lowest BCUT2D eigenvalue weighted by Crippen LogP contribution is -2.17. The molecule has 2 unspecified atom stereocenters. The molecule has 25 heavy (non-hydrogen) atoms. The first-order chi connectivity index (χ1) is 12.0. The van der Waals surface area contributed by atoms with Crippen LogP contribution in [0, 0.1) is 5.92 Å². The van der Waals surface area contributed by atoms with Crippen molar-refractivity contribution in [2.24, 2.45) is 5.92 Å². The van der Waals surface area contributed by atoms with Crippen LogP contribution < -0.4 is 4.74 Å². The maximum Gasteiger partial charge on any atom is 0.196 e. The Morgan fingerprint density at radius 2 is 1.80 bits per heavy atom. The smallest absolute Gasteiger partial charge is 0.196 e. The Kier molecular flexibility index (Phi) is 9.94. The van der Waals surface area contributed by atoms with Crippen LogP contribution in [0.2, 0.25) is 0 Å². The van der Waals surface area contributed by atoms with E-state index in [1.54, 1.807) is 6.08 Å². The average Bonchev–Trinajstić information content (AvgIpc) is 2.59. The molecule has 2 atom stereocenters. The highest BCUT2D eigenvalue weighted by Crippen LogP contribution is 2.28. The van der Waals surface area contributed by atoms with Gasteiger partial charge in [0.1, 0.15) is 5.75 Å². The van der Waals surface area contributed by atoms with Gasteiger partial charge in [-0.05, 0) is 61.3 Å². The van der Waals surface area contributed by atoms with Crippen molar-refractivity contribution < 1.29 is 9.47 Å². The predicted molar refractivity (Wildman–Crippen MR) is 108 cm³/mol. The van der Waals surface area contributed by atoms with Gasteiger partial charge in [0, 0.05) is 0 Å². The number of allylic oxidation sites excluding steroid dienone is 3. The van der Waals surface area contributed by atoms with E-state index in [1.807, 2.05) is 31.2 Å². The SMILES string of the molecule is C=C/C=C(\C=C)CCOC(C)Oc1ccc(C(CC)CC(C)C)cc1. The van der Waals surface area contributed by atoms with E-state index in [0.717, 1.165) is 17.7 Å². The molecular weight excluding hydrogens is 308 g/mol. The monoisotopic (exact) mass is 342 g/mol. The zero-order chi connectivity index (χ0) is 18.7. The molecule has 0 amide bonds. The van der Waals surface area contributed by atoms with E-state index >= 15 is 0 Å². The largest absolute Gasteiger partial charge is 0.465 e. The molecule has 138 valence electrons. The Morgan fingerprint density at radius 1 is 1.12 bits per heavy atom. The lowest BCUT2D eigenvalue weighted by Gasteiger charge is -2.19. The highest BCUT2D eigenvalue weighted by Gasteiger charge is 2.12. The fraction of sp³-hybridized carbons (Fsp3) is 0.478. The molecule has 0 aliphatic carbocycles. The number of ether oxygens (including phenoxy) is 2. The second-order valence-corrected chi connectivity index (χ2v) is 6.79. The molecule has 0 radical (unpaired) electrons. The zero-order valence-electron chi connectivity index (χ0n) is 16.3. The standard InChI is InChI=1S/C23H34O2/c1-7-10-20(8-2)15-16-24-19(6)25-23-13-11-22(12-14-23)21(9-3)17-18(4)5/h7-8,10-14,18-19,21H,1-2,9,15-17H2,3-6H3/b20-10+. The molecule has 0 aliphatic rings. The molecule has 0 N–H and O–H groups in total. The van der Waals surface area contributed by atoms with Crippen molar-refractivity contribution in [2.45, 2.75) is 59.2 Å². The van der Waals surface area contributed by atoms with Gasteiger partial charge in [0.15, 0.2) is 6.29 Å². The second-order valence-electron chi connectivity index (χ2n) is 6.79. The van der Waals surface area contributed by atoms with E-state index in [9.17, 15) is 0 Å². The van der Waals surface area contributed by atoms with E-state index in [2.05, 4.69) is 46.1 Å². The van der Waals surface area contributed by atoms with Crippen LogP contribution in [0.15, 0.2) is 61.2 Å². The summed E-state index contributed by atoms with van der Waals surface area (Å²) in [6.07, 6.45) is 8.45. The first-order valence-corrected chi connectivity index (χ1v) is 9.32. The van der Waals surface area contributed by atoms with Crippen molar-refractivity contribution in [1.29, 1.82) is 0 Å². The van der Waals surface area contributed by atoms with Crippen LogP contribution in [-0.4, -0.2) is 12.9 Å². The minimum Gasteiger partial charge on any atom is -0.465 e. The fourth-order valence-corrected chi connectivity index (χ4v) is 2.90. The Morgan fingerprint density at radius 3 is 2.32 bits per heavy atom. The summed E-state index contributed by atoms with van der Waals surface area (Å²) in [4.78, 5) is 0. The molecular formula is C23H34O2. The molecule has 2 nitrogen and oxygen atoms in total. The molecule has 1 aromatic carbocycles. The lowest BCUT2D eigenvalue weighted by molar-refractivity contribution is -0.0652. The lowest BCUT2D eigenvalue weighted by atomic mass is 9.88. The average molecular weight is 343 g/mol. The summed E-state index contributed by atoms with van der Waals surface area (Å²) >= 11 is 0. The van der Waals surface area contributed by atoms with Crippen LogP contribution in [0.25, 0.3) is 0 Å². The minimum atomic E-state index is -0.279. The van der Waals surface area contributed by atoms with Gasteiger partial charge in [-0.15, -0.1) is 0 Å². The molecule has 0 aromatic heterocycles. The summed E-state index contributed by atoms with van der Waals surface area (Å²) in [5, 5.41) is 0. The van der Waals surface area contributed by atoms with Crippen molar-refractivity contribution in [3.8, 4) is 5.75 Å². The molecule has 0 heterocycles. The summed E-state index contributed by atoms with van der Waals surface area (Å²) < 4.78 is 11.6. The Balaban J connectivity index is 2.50. The van der Waals surface area contributed by atoms with Gasteiger partial charge in [-0.3, -0.25) is 0 Å². The van der Waals surface area contributed by atoms with Gasteiger partial charge in [0.2, 0.25) is 0 Å². The maximum absolute atomic E-state index is 5.85. The zero-order valence-corrected chi connectivity index (χ0v) is 16.3. The molecule has 0 fully saturated rings. The summed E-state index contributed by atoms with van der Waals surface area (Å²) in [6.45, 7) is 16.8. The normalized spacial score (nSPS) is 14.2. The summed E-state index contributed by atoms with van der Waals surface area (Å²) in [5.74, 6) is 2.18. The first-order valence-electron chi connectivity index (χ1n) is 9.32. The third kappa shape index (κ3) is 8.22. The van der Waals surface area contributed by atoms with Gasteiger partial charge in [0.05, 0.1) is 6.61 Å². The van der Waals surface area contributed by atoms with Crippen molar-refractivity contribution in [3.05, 3.63) is 66.8 Å². The van der Waals surface area contributed by atoms with Crippen molar-refractivity contribution in [1.82, 2.24) is 0 Å². The van der Waals surface area contributed by atoms with Gasteiger partial charge >= 0.3 is 0 Å². The van der Waals surface area contributed by atoms with E-state index < -0.39 is 0 Å². The van der Waals surface area contributed by atoms with Gasteiger partial charge < -0.3 is 9.47 Å². The third-order valence-corrected chi connectivity index (χ3v) is 4.24. The Hall–Kier alpha value is -1.80. The second kappa shape index (κ2) is 11.7. The van der Waals surface area contributed by atoms with Crippen LogP contribution in [0.4, 0.5) is 0 Å². The predicted octanol–water partition coefficient (Wildman–Crippen LogP) is 6.66. The number of hydrogen-bond acceptors (Lipinski definition) is 2. The van der Waals surface area contributed by atoms with Crippen molar-refractivity contribution in [3.63, 3.8) is 0 Å². The molecule has 0 saturated carbocycles. The Bertz CT molecular complexity index is 540. The number of benzene rings is 1. The van der Waals surface area contributed by atoms with Crippen LogP contribution in [0.3, 0.4) is 0 Å². The summed E-state index contributed by atoms with van der Waals surface area (Å²) in [7, 11) is 0. The van der Waals surface area contributed by atoms with E-state index in [0.29, 0.717) is 18.4 Å². The van der Waals surface area contributed by atoms with E-state index in [4.69, 9.17) is 9.47 Å². The summed E-state index contributed by atoms with van der Waals surface area (Å²) in [5.41, 5.74) is 2.50. The third-order valence-electron chi connectivity index (χ3n) is 4.24. The van der Waals surface area contributed by atoms with Crippen LogP contribution in [0.1, 0.15) is 58.4 Å². The minimum absolute atomic E-state index is 0.279. The fourth-order valence-electron chi connectivity index (χ4n) is 2.90. The van der Waals surface area contributed by atoms with Crippen LogP contribution in [-0.2, 0) is 4.74 Å². The quantitative estimate of drug-likeness (QED) is 0.312. The topological polar surface area (TPSA) is 18.5 Å². The molecule has 0 bridgehead atoms. The van der Waals surface area contributed by atoms with Crippen LogP contribution in [0.5, 0.6) is 5.75 Å². The van der Waals surface area contributed by atoms with Crippen molar-refractivity contribution in [2.75, 3.05) is 6.61 Å². The molecule has 0 saturated heterocycles. The molecule has 0 spiro atoms. The first kappa shape index (κ1) is 21.2. The molecule has 1 rings (SSSR count). The van der Waals surface area contributed by atoms with Crippen molar-refractivity contribution >= 4 is 0 Å². The molecule has 0 aliphatic heterocycles. The van der Waals surface area contributed by atoms with Gasteiger partial charge in [-0.2, -0.15) is 0 Å². The van der Waals surface area contributed by atoms with Gasteiger partial charge in [-0.1, -0.05) is 64.3 Å². The number of rotatable bonds is 12. The Labute approximate surface area is 154 Å². The van der Waals surface area contributed by atoms with Gasteiger partial charge in [0.25, 0.3) is 0 Å². The maximum atomic E-state index is 5.85. The highest BCUT2D eigenvalue weighted by atomic mass is 16.7. The summed E-state index contributed by atoms with van der Waals surface area (Å²) in [6, 6.07) is 8.46. The molecule has 1 aromatic rings. The number of hydrogen-bond donors (Lipinski definition) is 0. The van der Waals surface area contributed by atoms with Crippen LogP contribution >= 0.6 is 0 Å².